The van der Waals surface area contributed by atoms with Crippen molar-refractivity contribution in [3.05, 3.63) is 71.2 Å². The molecule has 152 valence electrons. The topological polar surface area (TPSA) is 80.6 Å². The molecule has 0 aliphatic carbocycles. The average Bonchev–Trinajstić information content (AvgIpc) is 3.10. The molecule has 0 saturated carbocycles. The van der Waals surface area contributed by atoms with Gasteiger partial charge in [0.2, 0.25) is 5.91 Å². The lowest BCUT2D eigenvalue weighted by molar-refractivity contribution is -0.116. The predicted molar refractivity (Wildman–Crippen MR) is 117 cm³/mol. The van der Waals surface area contributed by atoms with Crippen LogP contribution in [0.2, 0.25) is 5.02 Å². The summed E-state index contributed by atoms with van der Waals surface area (Å²) in [5, 5.41) is 7.77. The fourth-order valence-electron chi connectivity index (χ4n) is 3.26. The molecule has 4 aromatic rings. The molecule has 0 bridgehead atoms. The van der Waals surface area contributed by atoms with Gasteiger partial charge in [-0.05, 0) is 24.3 Å². The zero-order valence-corrected chi connectivity index (χ0v) is 17.0. The van der Waals surface area contributed by atoms with Crippen molar-refractivity contribution in [1.29, 1.82) is 0 Å². The van der Waals surface area contributed by atoms with Crippen LogP contribution in [-0.2, 0) is 4.79 Å². The Balaban J connectivity index is 1.44. The Morgan fingerprint density at radius 1 is 1.00 bits per heavy atom. The maximum Gasteiger partial charge on any atom is 0.252 e. The second-order valence-corrected chi connectivity index (χ2v) is 7.09. The number of furan rings is 1. The third kappa shape index (κ3) is 3.95. The first-order chi connectivity index (χ1) is 14.6. The van der Waals surface area contributed by atoms with Crippen molar-refractivity contribution in [2.45, 2.75) is 6.42 Å². The van der Waals surface area contributed by atoms with Crippen LogP contribution in [0.4, 0.5) is 5.69 Å². The van der Waals surface area contributed by atoms with E-state index in [0.717, 1.165) is 16.4 Å². The molecule has 3 aromatic carbocycles. The summed E-state index contributed by atoms with van der Waals surface area (Å²) >= 11 is 6.02. The van der Waals surface area contributed by atoms with Gasteiger partial charge in [0.25, 0.3) is 5.91 Å². The fraction of sp³-hybridized carbons (Fsp3) is 0.130. The van der Waals surface area contributed by atoms with Crippen LogP contribution in [0.25, 0.3) is 21.9 Å². The molecule has 1 aromatic heterocycles. The van der Waals surface area contributed by atoms with Gasteiger partial charge in [-0.1, -0.05) is 41.9 Å². The van der Waals surface area contributed by atoms with E-state index in [2.05, 4.69) is 10.6 Å². The monoisotopic (exact) mass is 422 g/mol. The van der Waals surface area contributed by atoms with Gasteiger partial charge in [-0.2, -0.15) is 0 Å². The Bertz CT molecular complexity index is 1250. The number of benzene rings is 3. The smallest absolute Gasteiger partial charge is 0.252 e. The third-order valence-electron chi connectivity index (χ3n) is 4.73. The number of halogens is 1. The van der Waals surface area contributed by atoms with E-state index in [1.165, 1.54) is 0 Å². The van der Waals surface area contributed by atoms with Crippen LogP contribution in [-0.4, -0.2) is 25.5 Å². The van der Waals surface area contributed by atoms with E-state index in [0.29, 0.717) is 27.6 Å². The second kappa shape index (κ2) is 8.47. The van der Waals surface area contributed by atoms with Crippen LogP contribution in [0.1, 0.15) is 16.8 Å². The zero-order valence-electron chi connectivity index (χ0n) is 16.2. The summed E-state index contributed by atoms with van der Waals surface area (Å²) < 4.78 is 11.3. The number of anilines is 1. The Morgan fingerprint density at radius 3 is 2.57 bits per heavy atom. The first-order valence-corrected chi connectivity index (χ1v) is 9.76. The Kier molecular flexibility index (Phi) is 5.59. The van der Waals surface area contributed by atoms with E-state index in [9.17, 15) is 9.59 Å². The maximum atomic E-state index is 12.4. The predicted octanol–water partition coefficient (Wildman–Crippen LogP) is 5.01. The molecular weight excluding hydrogens is 404 g/mol. The number of amides is 2. The summed E-state index contributed by atoms with van der Waals surface area (Å²) in [7, 11) is 1.54. The number of carbonyl (C=O) groups is 2. The summed E-state index contributed by atoms with van der Waals surface area (Å²) in [6.45, 7) is 0.172. The largest absolute Gasteiger partial charge is 0.495 e. The van der Waals surface area contributed by atoms with Crippen molar-refractivity contribution in [2.24, 2.45) is 0 Å². The number of nitrogens with one attached hydrogen (secondary N) is 2. The molecule has 2 amide bonds. The second-order valence-electron chi connectivity index (χ2n) is 6.68. The quantitative estimate of drug-likeness (QED) is 0.458. The molecule has 6 nitrogen and oxygen atoms in total. The molecular formula is C23H19ClN2O4. The fourth-order valence-corrected chi connectivity index (χ4v) is 3.48. The number of rotatable bonds is 6. The number of hydrogen-bond donors (Lipinski definition) is 2. The zero-order chi connectivity index (χ0) is 21.1. The molecule has 0 spiro atoms. The van der Waals surface area contributed by atoms with E-state index >= 15 is 0 Å². The minimum atomic E-state index is -0.324. The Morgan fingerprint density at radius 2 is 1.77 bits per heavy atom. The molecule has 0 unspecified atom stereocenters. The van der Waals surface area contributed by atoms with Crippen LogP contribution in [0.3, 0.4) is 0 Å². The van der Waals surface area contributed by atoms with Gasteiger partial charge in [0.05, 0.1) is 23.4 Å². The van der Waals surface area contributed by atoms with Crippen molar-refractivity contribution >= 4 is 51.0 Å². The average molecular weight is 423 g/mol. The van der Waals surface area contributed by atoms with Gasteiger partial charge in [-0.3, -0.25) is 9.59 Å². The Hall–Kier alpha value is -3.51. The van der Waals surface area contributed by atoms with Gasteiger partial charge in [0.15, 0.2) is 0 Å². The lowest BCUT2D eigenvalue weighted by Crippen LogP contribution is -2.27. The Labute approximate surface area is 177 Å². The molecule has 0 radical (unpaired) electrons. The number of carbonyl (C=O) groups excluding carboxylic acids is 2. The van der Waals surface area contributed by atoms with Gasteiger partial charge in [0.1, 0.15) is 16.9 Å². The van der Waals surface area contributed by atoms with Gasteiger partial charge in [0, 0.05) is 29.8 Å². The molecule has 7 heteroatoms. The highest BCUT2D eigenvalue weighted by Crippen LogP contribution is 2.36. The highest BCUT2D eigenvalue weighted by atomic mass is 35.5. The molecule has 0 aliphatic rings. The van der Waals surface area contributed by atoms with Crippen molar-refractivity contribution < 1.29 is 18.7 Å². The summed E-state index contributed by atoms with van der Waals surface area (Å²) in [5.41, 5.74) is 2.29. The normalized spacial score (nSPS) is 10.9. The third-order valence-corrected chi connectivity index (χ3v) is 5.06. The van der Waals surface area contributed by atoms with Crippen molar-refractivity contribution in [3.63, 3.8) is 0 Å². The number of ether oxygens (including phenoxy) is 1. The van der Waals surface area contributed by atoms with E-state index in [-0.39, 0.29) is 24.8 Å². The minimum absolute atomic E-state index is 0.0948. The molecule has 0 atom stereocenters. The number of fused-ring (bicyclic) bond motifs is 3. The van der Waals surface area contributed by atoms with E-state index in [1.807, 2.05) is 30.3 Å². The molecule has 30 heavy (non-hydrogen) atoms. The van der Waals surface area contributed by atoms with Crippen LogP contribution in [0, 0.1) is 0 Å². The van der Waals surface area contributed by atoms with Gasteiger partial charge in [-0.25, -0.2) is 0 Å². The first-order valence-electron chi connectivity index (χ1n) is 9.38. The number of para-hydroxylation sites is 1. The van der Waals surface area contributed by atoms with Crippen LogP contribution >= 0.6 is 11.6 Å². The van der Waals surface area contributed by atoms with Gasteiger partial charge < -0.3 is 19.8 Å². The van der Waals surface area contributed by atoms with Gasteiger partial charge >= 0.3 is 0 Å². The van der Waals surface area contributed by atoms with Crippen molar-refractivity contribution in [3.8, 4) is 5.75 Å². The lowest BCUT2D eigenvalue weighted by atomic mass is 10.1. The van der Waals surface area contributed by atoms with Crippen LogP contribution in [0.15, 0.2) is 65.1 Å². The minimum Gasteiger partial charge on any atom is -0.495 e. The summed E-state index contributed by atoms with van der Waals surface area (Å²) in [5.74, 6) is -0.0552. The standard InChI is InChI=1S/C23H19ClN2O4/c1-29-21-12-16-14-6-3-5-9-19(14)30-20(16)13-18(21)26-22(27)10-11-25-23(28)15-7-2-4-8-17(15)24/h2-9,12-13H,10-11H2,1H3,(H,25,28)(H,26,27). The van der Waals surface area contributed by atoms with Crippen molar-refractivity contribution in [1.82, 2.24) is 5.32 Å². The summed E-state index contributed by atoms with van der Waals surface area (Å²) in [6, 6.07) is 18.0. The highest BCUT2D eigenvalue weighted by molar-refractivity contribution is 6.33. The van der Waals surface area contributed by atoms with Crippen LogP contribution in [0.5, 0.6) is 5.75 Å². The van der Waals surface area contributed by atoms with E-state index in [1.54, 1.807) is 37.4 Å². The van der Waals surface area contributed by atoms with E-state index < -0.39 is 0 Å². The molecule has 0 saturated heterocycles. The molecule has 2 N–H and O–H groups in total. The maximum absolute atomic E-state index is 12.4. The number of methoxy groups -OCH3 is 1. The van der Waals surface area contributed by atoms with Crippen molar-refractivity contribution in [2.75, 3.05) is 19.0 Å². The molecule has 1 heterocycles. The summed E-state index contributed by atoms with van der Waals surface area (Å²) in [4.78, 5) is 24.6. The SMILES string of the molecule is COc1cc2c(cc1NC(=O)CCNC(=O)c1ccccc1Cl)oc1ccccc12. The summed E-state index contributed by atoms with van der Waals surface area (Å²) in [6.07, 6.45) is 0.0948. The highest BCUT2D eigenvalue weighted by Gasteiger charge is 2.15. The molecule has 0 aliphatic heterocycles. The lowest BCUT2D eigenvalue weighted by Gasteiger charge is -2.11. The molecule has 0 fully saturated rings. The first kappa shape index (κ1) is 19.8. The van der Waals surface area contributed by atoms with E-state index in [4.69, 9.17) is 20.8 Å². The van der Waals surface area contributed by atoms with Gasteiger partial charge in [-0.15, -0.1) is 0 Å². The van der Waals surface area contributed by atoms with Crippen LogP contribution < -0.4 is 15.4 Å². The molecule has 4 rings (SSSR count). The number of hydrogen-bond acceptors (Lipinski definition) is 4.